The van der Waals surface area contributed by atoms with Crippen molar-refractivity contribution >= 4 is 30.0 Å². The Hall–Kier alpha value is -0.970. The highest BCUT2D eigenvalue weighted by atomic mass is 35.5. The van der Waals surface area contributed by atoms with Gasteiger partial charge in [0.05, 0.1) is 6.54 Å². The number of carboxylic acids is 1. The highest BCUT2D eigenvalue weighted by Crippen LogP contribution is 2.18. The van der Waals surface area contributed by atoms with Crippen LogP contribution < -0.4 is 10.1 Å². The summed E-state index contributed by atoms with van der Waals surface area (Å²) in [5.74, 6) is -0.177. The van der Waals surface area contributed by atoms with Crippen molar-refractivity contribution in [3.05, 3.63) is 29.3 Å². The van der Waals surface area contributed by atoms with Crippen LogP contribution in [0.5, 0.6) is 5.75 Å². The van der Waals surface area contributed by atoms with E-state index in [4.69, 9.17) is 21.4 Å². The maximum absolute atomic E-state index is 10.4. The third-order valence-electron chi connectivity index (χ3n) is 2.20. The first kappa shape index (κ1) is 17.0. The van der Waals surface area contributed by atoms with Crippen LogP contribution in [0.15, 0.2) is 24.3 Å². The molecule has 1 aromatic rings. The summed E-state index contributed by atoms with van der Waals surface area (Å²) in [4.78, 5) is 10.4. The highest BCUT2D eigenvalue weighted by Gasteiger charge is 2.08. The lowest BCUT2D eigenvalue weighted by Crippen LogP contribution is -2.34. The van der Waals surface area contributed by atoms with E-state index in [1.807, 2.05) is 19.1 Å². The van der Waals surface area contributed by atoms with Crippen LogP contribution in [0.25, 0.3) is 0 Å². The molecule has 102 valence electrons. The molecule has 0 amide bonds. The van der Waals surface area contributed by atoms with Crippen molar-refractivity contribution in [3.63, 3.8) is 0 Å². The molecule has 1 atom stereocenters. The van der Waals surface area contributed by atoms with Crippen LogP contribution in [0.4, 0.5) is 0 Å². The van der Waals surface area contributed by atoms with Crippen molar-refractivity contribution in [2.45, 2.75) is 19.4 Å². The molecule has 1 rings (SSSR count). The Balaban J connectivity index is 0.00000289. The summed E-state index contributed by atoms with van der Waals surface area (Å²) in [5.41, 5.74) is 0. The first-order valence-electron chi connectivity index (χ1n) is 5.46. The Bertz CT molecular complexity index is 374. The van der Waals surface area contributed by atoms with Gasteiger partial charge in [0.2, 0.25) is 0 Å². The SMILES string of the molecule is CCC(CNCC(=O)O)Oc1cccc(Cl)c1.Cl. The van der Waals surface area contributed by atoms with Crippen LogP contribution in [0.2, 0.25) is 5.02 Å². The number of carboxylic acid groups (broad SMARTS) is 1. The fraction of sp³-hybridized carbons (Fsp3) is 0.417. The number of nitrogens with one attached hydrogen (secondary N) is 1. The molecule has 0 heterocycles. The van der Waals surface area contributed by atoms with E-state index in [0.717, 1.165) is 6.42 Å². The van der Waals surface area contributed by atoms with Gasteiger partial charge in [0.15, 0.2) is 0 Å². The van der Waals surface area contributed by atoms with Crippen LogP contribution >= 0.6 is 24.0 Å². The Kier molecular flexibility index (Phi) is 8.54. The van der Waals surface area contributed by atoms with Crippen molar-refractivity contribution < 1.29 is 14.6 Å². The number of halogens is 2. The Morgan fingerprint density at radius 1 is 1.56 bits per heavy atom. The fourth-order valence-corrected chi connectivity index (χ4v) is 1.52. The zero-order chi connectivity index (χ0) is 12.7. The third-order valence-corrected chi connectivity index (χ3v) is 2.44. The first-order valence-corrected chi connectivity index (χ1v) is 5.84. The standard InChI is InChI=1S/C12H16ClNO3.ClH/c1-2-10(7-14-8-12(15)16)17-11-5-3-4-9(13)6-11;/h3-6,10,14H,2,7-8H2,1H3,(H,15,16);1H. The second-order valence-electron chi connectivity index (χ2n) is 3.63. The van der Waals surface area contributed by atoms with Crippen molar-refractivity contribution in [1.29, 1.82) is 0 Å². The molecule has 0 fully saturated rings. The van der Waals surface area contributed by atoms with Gasteiger partial charge in [-0.05, 0) is 24.6 Å². The Labute approximate surface area is 118 Å². The van der Waals surface area contributed by atoms with E-state index in [1.165, 1.54) is 0 Å². The molecule has 1 aromatic carbocycles. The normalized spacial score (nSPS) is 11.4. The van der Waals surface area contributed by atoms with Gasteiger partial charge in [-0.1, -0.05) is 24.6 Å². The smallest absolute Gasteiger partial charge is 0.317 e. The number of ether oxygens (including phenoxy) is 1. The molecule has 0 aliphatic rings. The molecule has 0 aliphatic carbocycles. The molecule has 2 N–H and O–H groups in total. The Morgan fingerprint density at radius 3 is 2.83 bits per heavy atom. The number of rotatable bonds is 7. The largest absolute Gasteiger partial charge is 0.489 e. The van der Waals surface area contributed by atoms with Gasteiger partial charge in [-0.25, -0.2) is 0 Å². The number of benzene rings is 1. The van der Waals surface area contributed by atoms with E-state index < -0.39 is 5.97 Å². The minimum atomic E-state index is -0.873. The van der Waals surface area contributed by atoms with E-state index in [9.17, 15) is 4.79 Å². The molecule has 0 spiro atoms. The van der Waals surface area contributed by atoms with Crippen molar-refractivity contribution in [2.75, 3.05) is 13.1 Å². The lowest BCUT2D eigenvalue weighted by Gasteiger charge is -2.17. The molecule has 6 heteroatoms. The van der Waals surface area contributed by atoms with E-state index in [-0.39, 0.29) is 25.1 Å². The topological polar surface area (TPSA) is 58.6 Å². The quantitative estimate of drug-likeness (QED) is 0.811. The summed E-state index contributed by atoms with van der Waals surface area (Å²) >= 11 is 5.84. The molecule has 0 radical (unpaired) electrons. The van der Waals surface area contributed by atoms with Gasteiger partial charge >= 0.3 is 5.97 Å². The minimum Gasteiger partial charge on any atom is -0.489 e. The number of hydrogen-bond donors (Lipinski definition) is 2. The zero-order valence-electron chi connectivity index (χ0n) is 10.1. The predicted octanol–water partition coefficient (Wildman–Crippen LogP) is 2.59. The van der Waals surface area contributed by atoms with E-state index in [0.29, 0.717) is 17.3 Å². The maximum Gasteiger partial charge on any atom is 0.317 e. The van der Waals surface area contributed by atoms with E-state index >= 15 is 0 Å². The monoisotopic (exact) mass is 293 g/mol. The first-order chi connectivity index (χ1) is 8.11. The van der Waals surface area contributed by atoms with Crippen LogP contribution in [-0.2, 0) is 4.79 Å². The summed E-state index contributed by atoms with van der Waals surface area (Å²) in [6.45, 7) is 2.42. The molecule has 0 saturated carbocycles. The second kappa shape index (κ2) is 9.03. The van der Waals surface area contributed by atoms with Gasteiger partial charge in [-0.3, -0.25) is 4.79 Å². The lowest BCUT2D eigenvalue weighted by molar-refractivity contribution is -0.136. The van der Waals surface area contributed by atoms with Gasteiger partial charge < -0.3 is 15.2 Å². The zero-order valence-corrected chi connectivity index (χ0v) is 11.6. The van der Waals surface area contributed by atoms with Gasteiger partial charge in [0, 0.05) is 11.6 Å². The summed E-state index contributed by atoms with van der Waals surface area (Å²) < 4.78 is 5.69. The lowest BCUT2D eigenvalue weighted by atomic mass is 10.2. The van der Waals surface area contributed by atoms with Crippen LogP contribution in [0, 0.1) is 0 Å². The predicted molar refractivity (Wildman–Crippen MR) is 73.9 cm³/mol. The molecule has 0 aromatic heterocycles. The maximum atomic E-state index is 10.4. The average Bonchev–Trinajstić information content (AvgIpc) is 2.27. The van der Waals surface area contributed by atoms with Crippen molar-refractivity contribution in [2.24, 2.45) is 0 Å². The van der Waals surface area contributed by atoms with E-state index in [1.54, 1.807) is 12.1 Å². The number of hydrogen-bond acceptors (Lipinski definition) is 3. The number of aliphatic carboxylic acids is 1. The van der Waals surface area contributed by atoms with Crippen LogP contribution in [0.3, 0.4) is 0 Å². The summed E-state index contributed by atoms with van der Waals surface area (Å²) in [6, 6.07) is 7.15. The molecule has 1 unspecified atom stereocenters. The van der Waals surface area contributed by atoms with Crippen LogP contribution in [0.1, 0.15) is 13.3 Å². The summed E-state index contributed by atoms with van der Waals surface area (Å²) in [5, 5.41) is 11.9. The van der Waals surface area contributed by atoms with Crippen molar-refractivity contribution in [3.8, 4) is 5.75 Å². The molecule has 18 heavy (non-hydrogen) atoms. The molecular weight excluding hydrogens is 277 g/mol. The molecule has 0 saturated heterocycles. The second-order valence-corrected chi connectivity index (χ2v) is 4.07. The fourth-order valence-electron chi connectivity index (χ4n) is 1.34. The molecular formula is C12H17Cl2NO3. The number of carbonyl (C=O) groups is 1. The van der Waals surface area contributed by atoms with Gasteiger partial charge in [0.25, 0.3) is 0 Å². The summed E-state index contributed by atoms with van der Waals surface area (Å²) in [7, 11) is 0. The molecule has 0 bridgehead atoms. The highest BCUT2D eigenvalue weighted by molar-refractivity contribution is 6.30. The van der Waals surface area contributed by atoms with Crippen molar-refractivity contribution in [1.82, 2.24) is 5.32 Å². The van der Waals surface area contributed by atoms with Gasteiger partial charge in [-0.2, -0.15) is 0 Å². The Morgan fingerprint density at radius 2 is 2.28 bits per heavy atom. The van der Waals surface area contributed by atoms with Gasteiger partial charge in [-0.15, -0.1) is 12.4 Å². The average molecular weight is 294 g/mol. The summed E-state index contributed by atoms with van der Waals surface area (Å²) in [6.07, 6.45) is 0.729. The van der Waals surface area contributed by atoms with Crippen LogP contribution in [-0.4, -0.2) is 30.3 Å². The molecule has 0 aliphatic heterocycles. The van der Waals surface area contributed by atoms with Gasteiger partial charge in [0.1, 0.15) is 11.9 Å². The van der Waals surface area contributed by atoms with E-state index in [2.05, 4.69) is 5.32 Å². The third kappa shape index (κ3) is 6.69. The molecule has 4 nitrogen and oxygen atoms in total. The minimum absolute atomic E-state index is 0.